The van der Waals surface area contributed by atoms with Gasteiger partial charge in [-0.1, -0.05) is 54.2 Å². The van der Waals surface area contributed by atoms with E-state index in [2.05, 4.69) is 27.6 Å². The Kier molecular flexibility index (Phi) is 6.29. The molecule has 3 rings (SSSR count). The van der Waals surface area contributed by atoms with E-state index < -0.39 is 0 Å². The maximum atomic E-state index is 12.3. The molecule has 2 aromatic carbocycles. The Hall–Kier alpha value is -2.60. The summed E-state index contributed by atoms with van der Waals surface area (Å²) in [5, 5.41) is 12.2. The van der Waals surface area contributed by atoms with Gasteiger partial charge in [0.05, 0.1) is 5.75 Å². The lowest BCUT2D eigenvalue weighted by atomic mass is 10.1. The number of carbonyl (C=O) groups excluding carboxylic acids is 1. The summed E-state index contributed by atoms with van der Waals surface area (Å²) >= 11 is 1.40. The zero-order valence-corrected chi connectivity index (χ0v) is 16.7. The van der Waals surface area contributed by atoms with E-state index >= 15 is 0 Å². The van der Waals surface area contributed by atoms with E-state index in [1.165, 1.54) is 17.3 Å². The number of aryl methyl sites for hydroxylation is 3. The van der Waals surface area contributed by atoms with Crippen molar-refractivity contribution in [1.82, 2.24) is 14.8 Å². The first-order chi connectivity index (χ1) is 13.0. The lowest BCUT2D eigenvalue weighted by Gasteiger charge is -2.10. The molecule has 5 nitrogen and oxygen atoms in total. The molecule has 0 unspecified atom stereocenters. The van der Waals surface area contributed by atoms with E-state index in [-0.39, 0.29) is 5.91 Å². The number of benzene rings is 2. The monoisotopic (exact) mass is 380 g/mol. The van der Waals surface area contributed by atoms with Gasteiger partial charge in [0.15, 0.2) is 5.16 Å². The van der Waals surface area contributed by atoms with Gasteiger partial charge in [-0.25, -0.2) is 0 Å². The Bertz CT molecular complexity index is 921. The van der Waals surface area contributed by atoms with E-state index in [1.807, 2.05) is 61.9 Å². The fourth-order valence-corrected chi connectivity index (χ4v) is 3.52. The summed E-state index contributed by atoms with van der Waals surface area (Å²) in [6, 6.07) is 16.2. The third-order valence-corrected chi connectivity index (χ3v) is 5.64. The number of nitrogens with one attached hydrogen (secondary N) is 1. The molecule has 1 N–H and O–H groups in total. The van der Waals surface area contributed by atoms with Gasteiger partial charge in [-0.15, -0.1) is 10.2 Å². The van der Waals surface area contributed by atoms with E-state index in [0.717, 1.165) is 40.6 Å². The van der Waals surface area contributed by atoms with Gasteiger partial charge in [0.25, 0.3) is 0 Å². The molecule has 3 aromatic rings. The minimum absolute atomic E-state index is 0.0393. The predicted octanol–water partition coefficient (Wildman–Crippen LogP) is 3.95. The Morgan fingerprint density at radius 2 is 1.81 bits per heavy atom. The minimum atomic E-state index is -0.0393. The average Bonchev–Trinajstić information content (AvgIpc) is 3.03. The van der Waals surface area contributed by atoms with Crippen LogP contribution < -0.4 is 5.32 Å². The summed E-state index contributed by atoms with van der Waals surface area (Å²) < 4.78 is 1.97. The van der Waals surface area contributed by atoms with Crippen LogP contribution in [0, 0.1) is 13.8 Å². The number of hydrogen-bond donors (Lipinski definition) is 1. The molecule has 0 spiro atoms. The lowest BCUT2D eigenvalue weighted by molar-refractivity contribution is -0.113. The van der Waals surface area contributed by atoms with Crippen molar-refractivity contribution in [2.75, 3.05) is 11.1 Å². The first-order valence-corrected chi connectivity index (χ1v) is 9.94. The fourth-order valence-electron chi connectivity index (χ4n) is 2.79. The van der Waals surface area contributed by atoms with Gasteiger partial charge in [-0.3, -0.25) is 4.79 Å². The molecule has 0 atom stereocenters. The zero-order valence-electron chi connectivity index (χ0n) is 15.9. The van der Waals surface area contributed by atoms with Crippen molar-refractivity contribution in [3.05, 3.63) is 71.0 Å². The fraction of sp³-hybridized carbons (Fsp3) is 0.286. The van der Waals surface area contributed by atoms with E-state index in [9.17, 15) is 4.79 Å². The summed E-state index contributed by atoms with van der Waals surface area (Å²) in [7, 11) is 1.95. The van der Waals surface area contributed by atoms with Crippen LogP contribution in [0.4, 0.5) is 5.69 Å². The molecule has 0 radical (unpaired) electrons. The highest BCUT2D eigenvalue weighted by Gasteiger charge is 2.12. The maximum Gasteiger partial charge on any atom is 0.234 e. The molecule has 1 amide bonds. The van der Waals surface area contributed by atoms with Crippen LogP contribution in [0.15, 0.2) is 53.7 Å². The van der Waals surface area contributed by atoms with Crippen molar-refractivity contribution in [2.24, 2.45) is 7.05 Å². The molecule has 1 heterocycles. The van der Waals surface area contributed by atoms with E-state index in [0.29, 0.717) is 5.75 Å². The number of rotatable bonds is 7. The lowest BCUT2D eigenvalue weighted by Crippen LogP contribution is -2.15. The van der Waals surface area contributed by atoms with Crippen molar-refractivity contribution < 1.29 is 4.79 Å². The van der Waals surface area contributed by atoms with Crippen molar-refractivity contribution in [3.63, 3.8) is 0 Å². The second kappa shape index (κ2) is 8.86. The second-order valence-corrected chi connectivity index (χ2v) is 7.47. The van der Waals surface area contributed by atoms with Crippen LogP contribution in [-0.2, 0) is 24.7 Å². The minimum Gasteiger partial charge on any atom is -0.325 e. The highest BCUT2D eigenvalue weighted by molar-refractivity contribution is 7.99. The number of anilines is 1. The molecule has 27 heavy (non-hydrogen) atoms. The SMILES string of the molecule is Cc1cccc(NC(=O)CSc2nnc(CCc3ccccc3)n2C)c1C. The quantitative estimate of drug-likeness (QED) is 0.631. The molecule has 0 aliphatic rings. The molecule has 0 aliphatic heterocycles. The number of amides is 1. The molecular formula is C21H24N4OS. The molecular weight excluding hydrogens is 356 g/mol. The average molecular weight is 381 g/mol. The van der Waals surface area contributed by atoms with Crippen molar-refractivity contribution in [2.45, 2.75) is 31.8 Å². The molecule has 140 valence electrons. The van der Waals surface area contributed by atoms with Gasteiger partial charge < -0.3 is 9.88 Å². The first-order valence-electron chi connectivity index (χ1n) is 8.95. The van der Waals surface area contributed by atoms with E-state index in [1.54, 1.807) is 0 Å². The maximum absolute atomic E-state index is 12.3. The molecule has 0 fully saturated rings. The van der Waals surface area contributed by atoms with Crippen LogP contribution in [0.5, 0.6) is 0 Å². The third kappa shape index (κ3) is 4.98. The molecule has 1 aromatic heterocycles. The van der Waals surface area contributed by atoms with Crippen LogP contribution >= 0.6 is 11.8 Å². The molecule has 0 saturated carbocycles. The number of carbonyl (C=O) groups is 1. The topological polar surface area (TPSA) is 59.8 Å². The standard InChI is InChI=1S/C21H24N4OS/c1-15-8-7-11-18(16(15)2)22-20(26)14-27-21-24-23-19(25(21)3)13-12-17-9-5-4-6-10-17/h4-11H,12-14H2,1-3H3,(H,22,26). The smallest absolute Gasteiger partial charge is 0.234 e. The first kappa shape index (κ1) is 19.2. The highest BCUT2D eigenvalue weighted by atomic mass is 32.2. The molecule has 0 saturated heterocycles. The number of nitrogens with zero attached hydrogens (tertiary/aromatic N) is 3. The van der Waals surface area contributed by atoms with Crippen molar-refractivity contribution in [3.8, 4) is 0 Å². The van der Waals surface area contributed by atoms with E-state index in [4.69, 9.17) is 0 Å². The number of thioether (sulfide) groups is 1. The highest BCUT2D eigenvalue weighted by Crippen LogP contribution is 2.20. The summed E-state index contributed by atoms with van der Waals surface area (Å²) in [6.45, 7) is 4.05. The largest absolute Gasteiger partial charge is 0.325 e. The third-order valence-electron chi connectivity index (χ3n) is 4.62. The van der Waals surface area contributed by atoms with Crippen molar-refractivity contribution in [1.29, 1.82) is 0 Å². The Morgan fingerprint density at radius 1 is 1.04 bits per heavy atom. The van der Waals surface area contributed by atoms with Crippen LogP contribution in [0.25, 0.3) is 0 Å². The van der Waals surface area contributed by atoms with Crippen LogP contribution in [-0.4, -0.2) is 26.4 Å². The molecule has 0 bridgehead atoms. The Labute approximate surface area is 164 Å². The van der Waals surface area contributed by atoms with Crippen LogP contribution in [0.1, 0.15) is 22.5 Å². The summed E-state index contributed by atoms with van der Waals surface area (Å²) in [4.78, 5) is 12.3. The van der Waals surface area contributed by atoms with Crippen LogP contribution in [0.2, 0.25) is 0 Å². The second-order valence-electron chi connectivity index (χ2n) is 6.53. The normalized spacial score (nSPS) is 10.8. The van der Waals surface area contributed by atoms with Crippen molar-refractivity contribution >= 4 is 23.4 Å². The number of aromatic nitrogens is 3. The zero-order chi connectivity index (χ0) is 19.2. The Morgan fingerprint density at radius 3 is 2.59 bits per heavy atom. The molecule has 6 heteroatoms. The van der Waals surface area contributed by atoms with Gasteiger partial charge in [-0.2, -0.15) is 0 Å². The van der Waals surface area contributed by atoms with Crippen LogP contribution in [0.3, 0.4) is 0 Å². The Balaban J connectivity index is 1.54. The predicted molar refractivity (Wildman–Crippen MR) is 110 cm³/mol. The number of hydrogen-bond acceptors (Lipinski definition) is 4. The summed E-state index contributed by atoms with van der Waals surface area (Å²) in [5.74, 6) is 1.19. The summed E-state index contributed by atoms with van der Waals surface area (Å²) in [5.41, 5.74) is 4.40. The summed E-state index contributed by atoms with van der Waals surface area (Å²) in [6.07, 6.45) is 1.74. The van der Waals surface area contributed by atoms with Gasteiger partial charge in [0.1, 0.15) is 5.82 Å². The van der Waals surface area contributed by atoms with Gasteiger partial charge >= 0.3 is 0 Å². The molecule has 0 aliphatic carbocycles. The van der Waals surface area contributed by atoms with Gasteiger partial charge in [-0.05, 0) is 43.0 Å². The van der Waals surface area contributed by atoms with Gasteiger partial charge in [0.2, 0.25) is 5.91 Å². The van der Waals surface area contributed by atoms with Gasteiger partial charge in [0, 0.05) is 19.2 Å².